The van der Waals surface area contributed by atoms with Crippen LogP contribution in [0.3, 0.4) is 0 Å². The Kier molecular flexibility index (Phi) is 4.14. The molecule has 0 fully saturated rings. The zero-order valence-electron chi connectivity index (χ0n) is 12.6. The molecule has 6 heteroatoms. The number of hydrogen-bond donors (Lipinski definition) is 1. The van der Waals surface area contributed by atoms with Gasteiger partial charge in [-0.2, -0.15) is 0 Å². The number of carbonyl (C=O) groups is 1. The lowest BCUT2D eigenvalue weighted by Crippen LogP contribution is -2.13. The van der Waals surface area contributed by atoms with Crippen molar-refractivity contribution in [1.29, 1.82) is 0 Å². The second kappa shape index (κ2) is 6.39. The predicted molar refractivity (Wildman–Crippen MR) is 84.7 cm³/mol. The number of fused-ring (bicyclic) bond motifs is 1. The van der Waals surface area contributed by atoms with Crippen LogP contribution in [0.2, 0.25) is 0 Å². The molecule has 1 heterocycles. The van der Waals surface area contributed by atoms with E-state index in [0.29, 0.717) is 17.3 Å². The van der Waals surface area contributed by atoms with Gasteiger partial charge in [0.05, 0.1) is 18.1 Å². The Labute approximate surface area is 132 Å². The van der Waals surface area contributed by atoms with Gasteiger partial charge in [-0.25, -0.2) is 4.98 Å². The molecule has 0 aliphatic carbocycles. The standard InChI is InChI=1S/C17H16N2O4/c1-22-12-5-4-6-13(9-12)23-11-16-18-14-7-2-3-8-15(14)19(16)10-17(20)21/h2-9H,10-11H2,1H3,(H,20,21). The molecular weight excluding hydrogens is 296 g/mol. The van der Waals surface area contributed by atoms with Crippen LogP contribution in [0.5, 0.6) is 11.5 Å². The number of benzene rings is 2. The summed E-state index contributed by atoms with van der Waals surface area (Å²) in [7, 11) is 1.59. The third-order valence-corrected chi connectivity index (χ3v) is 3.44. The van der Waals surface area contributed by atoms with Crippen LogP contribution in [0.25, 0.3) is 11.0 Å². The lowest BCUT2D eigenvalue weighted by atomic mass is 10.3. The molecule has 0 unspecified atom stereocenters. The van der Waals surface area contributed by atoms with Gasteiger partial charge in [-0.1, -0.05) is 18.2 Å². The number of carboxylic acids is 1. The van der Waals surface area contributed by atoms with Crippen LogP contribution >= 0.6 is 0 Å². The molecule has 23 heavy (non-hydrogen) atoms. The van der Waals surface area contributed by atoms with E-state index < -0.39 is 5.97 Å². The lowest BCUT2D eigenvalue weighted by Gasteiger charge is -2.09. The Balaban J connectivity index is 1.88. The molecule has 3 rings (SSSR count). The molecule has 1 aromatic heterocycles. The van der Waals surface area contributed by atoms with E-state index in [1.165, 1.54) is 0 Å². The molecule has 1 N–H and O–H groups in total. The van der Waals surface area contributed by atoms with Crippen molar-refractivity contribution in [2.45, 2.75) is 13.2 Å². The molecule has 0 bridgehead atoms. The minimum absolute atomic E-state index is 0.155. The van der Waals surface area contributed by atoms with Crippen LogP contribution in [0.4, 0.5) is 0 Å². The van der Waals surface area contributed by atoms with Crippen LogP contribution in [0, 0.1) is 0 Å². The summed E-state index contributed by atoms with van der Waals surface area (Å²) < 4.78 is 12.5. The van der Waals surface area contributed by atoms with Crippen molar-refractivity contribution < 1.29 is 19.4 Å². The number of para-hydroxylation sites is 2. The molecule has 0 saturated carbocycles. The highest BCUT2D eigenvalue weighted by atomic mass is 16.5. The van der Waals surface area contributed by atoms with Gasteiger partial charge >= 0.3 is 5.97 Å². The van der Waals surface area contributed by atoms with Gasteiger partial charge in [0, 0.05) is 6.07 Å². The number of ether oxygens (including phenoxy) is 2. The third-order valence-electron chi connectivity index (χ3n) is 3.44. The number of imidazole rings is 1. The van der Waals surface area contributed by atoms with E-state index in [-0.39, 0.29) is 13.2 Å². The molecule has 0 radical (unpaired) electrons. The molecule has 0 spiro atoms. The quantitative estimate of drug-likeness (QED) is 0.757. The van der Waals surface area contributed by atoms with Gasteiger partial charge < -0.3 is 19.1 Å². The second-order valence-corrected chi connectivity index (χ2v) is 4.96. The zero-order chi connectivity index (χ0) is 16.2. The molecule has 0 atom stereocenters. The average Bonchev–Trinajstić information content (AvgIpc) is 2.90. The normalized spacial score (nSPS) is 10.7. The third kappa shape index (κ3) is 3.26. The largest absolute Gasteiger partial charge is 0.497 e. The molecule has 6 nitrogen and oxygen atoms in total. The SMILES string of the molecule is COc1cccc(OCc2nc3ccccc3n2CC(=O)O)c1. The van der Waals surface area contributed by atoms with Crippen molar-refractivity contribution in [3.05, 3.63) is 54.4 Å². The maximum absolute atomic E-state index is 11.1. The summed E-state index contributed by atoms with van der Waals surface area (Å²) in [5.41, 5.74) is 1.53. The van der Waals surface area contributed by atoms with Crippen molar-refractivity contribution in [3.8, 4) is 11.5 Å². The van der Waals surface area contributed by atoms with Crippen molar-refractivity contribution in [3.63, 3.8) is 0 Å². The first-order valence-corrected chi connectivity index (χ1v) is 7.10. The van der Waals surface area contributed by atoms with Crippen LogP contribution in [0.15, 0.2) is 48.5 Å². The van der Waals surface area contributed by atoms with Crippen LogP contribution < -0.4 is 9.47 Å². The molecule has 118 valence electrons. The minimum atomic E-state index is -0.921. The minimum Gasteiger partial charge on any atom is -0.497 e. The number of rotatable bonds is 6. The molecule has 0 aliphatic rings. The summed E-state index contributed by atoms with van der Waals surface area (Å²) in [6.45, 7) is 0.0203. The second-order valence-electron chi connectivity index (χ2n) is 4.96. The average molecular weight is 312 g/mol. The fourth-order valence-corrected chi connectivity index (χ4v) is 2.39. The van der Waals surface area contributed by atoms with Gasteiger partial charge in [0.1, 0.15) is 30.5 Å². The summed E-state index contributed by atoms with van der Waals surface area (Å²) in [6, 6.07) is 14.7. The first-order valence-electron chi connectivity index (χ1n) is 7.10. The Morgan fingerprint density at radius 3 is 2.74 bits per heavy atom. The van der Waals surface area contributed by atoms with E-state index in [1.807, 2.05) is 42.5 Å². The number of carboxylic acid groups (broad SMARTS) is 1. The topological polar surface area (TPSA) is 73.6 Å². The van der Waals surface area contributed by atoms with Crippen LogP contribution in [-0.2, 0) is 17.9 Å². The van der Waals surface area contributed by atoms with Crippen molar-refractivity contribution >= 4 is 17.0 Å². The molecule has 0 amide bonds. The van der Waals surface area contributed by atoms with Crippen molar-refractivity contribution in [2.24, 2.45) is 0 Å². The van der Waals surface area contributed by atoms with E-state index in [1.54, 1.807) is 17.7 Å². The first kappa shape index (κ1) is 14.9. The fourth-order valence-electron chi connectivity index (χ4n) is 2.39. The Hall–Kier alpha value is -3.02. The van der Waals surface area contributed by atoms with Gasteiger partial charge in [0.2, 0.25) is 0 Å². The zero-order valence-corrected chi connectivity index (χ0v) is 12.6. The summed E-state index contributed by atoms with van der Waals surface area (Å²) in [6.07, 6.45) is 0. The fraction of sp³-hybridized carbons (Fsp3) is 0.176. The number of nitrogens with zero attached hydrogens (tertiary/aromatic N) is 2. The van der Waals surface area contributed by atoms with Crippen molar-refractivity contribution in [2.75, 3.05) is 7.11 Å². The number of aliphatic carboxylic acids is 1. The maximum Gasteiger partial charge on any atom is 0.323 e. The predicted octanol–water partition coefficient (Wildman–Crippen LogP) is 2.71. The summed E-state index contributed by atoms with van der Waals surface area (Å²) in [5.74, 6) is 0.979. The highest BCUT2D eigenvalue weighted by molar-refractivity contribution is 5.78. The molecule has 0 saturated heterocycles. The molecule has 0 aliphatic heterocycles. The monoisotopic (exact) mass is 312 g/mol. The highest BCUT2D eigenvalue weighted by Crippen LogP contribution is 2.21. The van der Waals surface area contributed by atoms with Gasteiger partial charge in [-0.3, -0.25) is 4.79 Å². The summed E-state index contributed by atoms with van der Waals surface area (Å²) in [4.78, 5) is 15.6. The van der Waals surface area contributed by atoms with Crippen molar-refractivity contribution in [1.82, 2.24) is 9.55 Å². The summed E-state index contributed by atoms with van der Waals surface area (Å²) in [5, 5.41) is 9.12. The molecular formula is C17H16N2O4. The van der Waals surface area contributed by atoms with E-state index >= 15 is 0 Å². The number of aromatic nitrogens is 2. The van der Waals surface area contributed by atoms with Gasteiger partial charge in [0.15, 0.2) is 0 Å². The molecule has 2 aromatic carbocycles. The Bertz CT molecular complexity index is 841. The Morgan fingerprint density at radius 2 is 1.96 bits per heavy atom. The van der Waals surface area contributed by atoms with Crippen LogP contribution in [0.1, 0.15) is 5.82 Å². The van der Waals surface area contributed by atoms with Gasteiger partial charge in [-0.05, 0) is 24.3 Å². The Morgan fingerprint density at radius 1 is 1.17 bits per heavy atom. The van der Waals surface area contributed by atoms with Gasteiger partial charge in [-0.15, -0.1) is 0 Å². The molecule has 3 aromatic rings. The number of hydrogen-bond acceptors (Lipinski definition) is 4. The lowest BCUT2D eigenvalue weighted by molar-refractivity contribution is -0.137. The van der Waals surface area contributed by atoms with E-state index in [2.05, 4.69) is 4.98 Å². The van der Waals surface area contributed by atoms with Gasteiger partial charge in [0.25, 0.3) is 0 Å². The summed E-state index contributed by atoms with van der Waals surface area (Å²) >= 11 is 0. The van der Waals surface area contributed by atoms with Crippen LogP contribution in [-0.4, -0.2) is 27.7 Å². The number of methoxy groups -OCH3 is 1. The first-order chi connectivity index (χ1) is 11.2. The van der Waals surface area contributed by atoms with E-state index in [9.17, 15) is 4.79 Å². The van der Waals surface area contributed by atoms with E-state index in [4.69, 9.17) is 14.6 Å². The maximum atomic E-state index is 11.1. The smallest absolute Gasteiger partial charge is 0.323 e. The van der Waals surface area contributed by atoms with E-state index in [0.717, 1.165) is 11.0 Å². The highest BCUT2D eigenvalue weighted by Gasteiger charge is 2.13.